The molecule has 3 heterocycles. The summed E-state index contributed by atoms with van der Waals surface area (Å²) in [6, 6.07) is 5.48. The van der Waals surface area contributed by atoms with Gasteiger partial charge in [0.2, 0.25) is 17.7 Å². The van der Waals surface area contributed by atoms with E-state index in [-0.39, 0.29) is 36.9 Å². The number of hydrogen-bond donors (Lipinski definition) is 3. The van der Waals surface area contributed by atoms with Crippen LogP contribution in [0.5, 0.6) is 0 Å². The Kier molecular flexibility index (Phi) is 7.62. The van der Waals surface area contributed by atoms with E-state index in [2.05, 4.69) is 16.0 Å². The Balaban J connectivity index is 1.51. The fourth-order valence-corrected chi connectivity index (χ4v) is 5.40. The van der Waals surface area contributed by atoms with Crippen LogP contribution in [-0.4, -0.2) is 103 Å². The molecule has 0 unspecified atom stereocenters. The molecule has 0 spiro atoms. The normalized spacial score (nSPS) is 25.0. The highest BCUT2D eigenvalue weighted by atomic mass is 32.2. The molecule has 0 radical (unpaired) electrons. The van der Waals surface area contributed by atoms with Crippen LogP contribution in [-0.2, 0) is 14.4 Å². The Bertz CT molecular complexity index is 934. The molecule has 0 bridgehead atoms. The zero-order valence-electron chi connectivity index (χ0n) is 19.6. The molecule has 0 aliphatic carbocycles. The Morgan fingerprint density at radius 1 is 1.15 bits per heavy atom. The average Bonchev–Trinajstić information content (AvgIpc) is 3.39. The molecule has 3 saturated heterocycles. The van der Waals surface area contributed by atoms with Gasteiger partial charge in [-0.1, -0.05) is 0 Å². The number of piperidine rings is 1. The third-order valence-corrected chi connectivity index (χ3v) is 7.44. The number of amides is 4. The second-order valence-corrected chi connectivity index (χ2v) is 10.0. The molecule has 1 aromatic rings. The van der Waals surface area contributed by atoms with Crippen LogP contribution in [0, 0.1) is 0 Å². The second kappa shape index (κ2) is 10.6. The highest BCUT2D eigenvalue weighted by molar-refractivity contribution is 7.99. The molecule has 0 aromatic heterocycles. The van der Waals surface area contributed by atoms with E-state index in [9.17, 15) is 19.2 Å². The van der Waals surface area contributed by atoms with Crippen LogP contribution in [0.25, 0.3) is 0 Å². The first-order valence-corrected chi connectivity index (χ1v) is 12.8. The molecule has 3 atom stereocenters. The summed E-state index contributed by atoms with van der Waals surface area (Å²) in [5, 5.41) is 8.75. The lowest BCUT2D eigenvalue weighted by Gasteiger charge is -2.42. The van der Waals surface area contributed by atoms with Gasteiger partial charge in [0.05, 0.1) is 12.6 Å². The first-order chi connectivity index (χ1) is 16.3. The van der Waals surface area contributed by atoms with Gasteiger partial charge in [0, 0.05) is 56.6 Å². The van der Waals surface area contributed by atoms with E-state index in [0.29, 0.717) is 36.7 Å². The molecule has 1 aromatic carbocycles. The molecule has 34 heavy (non-hydrogen) atoms. The smallest absolute Gasteiger partial charge is 0.254 e. The first-order valence-electron chi connectivity index (χ1n) is 11.6. The molecule has 3 aliphatic heterocycles. The van der Waals surface area contributed by atoms with Crippen molar-refractivity contribution in [3.05, 3.63) is 29.8 Å². The van der Waals surface area contributed by atoms with Crippen molar-refractivity contribution in [2.75, 3.05) is 56.8 Å². The van der Waals surface area contributed by atoms with Crippen LogP contribution in [0.2, 0.25) is 0 Å². The number of anilines is 1. The van der Waals surface area contributed by atoms with Crippen LogP contribution < -0.4 is 20.9 Å². The van der Waals surface area contributed by atoms with Crippen LogP contribution in [0.4, 0.5) is 5.69 Å². The van der Waals surface area contributed by atoms with Gasteiger partial charge in [-0.2, -0.15) is 0 Å². The van der Waals surface area contributed by atoms with Gasteiger partial charge in [0.1, 0.15) is 12.1 Å². The summed E-state index contributed by atoms with van der Waals surface area (Å²) in [7, 11) is 3.86. The molecule has 3 N–H and O–H groups in total. The molecule has 3 fully saturated rings. The predicted molar refractivity (Wildman–Crippen MR) is 131 cm³/mol. The lowest BCUT2D eigenvalue weighted by Crippen LogP contribution is -2.65. The zero-order valence-corrected chi connectivity index (χ0v) is 20.4. The van der Waals surface area contributed by atoms with Crippen molar-refractivity contribution in [1.29, 1.82) is 0 Å². The van der Waals surface area contributed by atoms with Gasteiger partial charge in [-0.3, -0.25) is 24.5 Å². The Morgan fingerprint density at radius 3 is 2.56 bits per heavy atom. The molecular weight excluding hydrogens is 456 g/mol. The lowest BCUT2D eigenvalue weighted by molar-refractivity contribution is -0.145. The standard InChI is InChI=1S/C23H32N6O4S/c1-27(2)16-7-5-15(6-8-16)22(32)28-10-11-29(23(33)18-13-34-14-25-18)19(12-28)21(31)26-17-4-3-9-24-20(17)30/h5-8,17-19,25H,3-4,9-14H2,1-2H3,(H,24,30)(H,26,31)/t17-,18-,19+/m0/s1. The molecule has 11 heteroatoms. The quantitative estimate of drug-likeness (QED) is 0.510. The van der Waals surface area contributed by atoms with Crippen LogP contribution in [0.1, 0.15) is 23.2 Å². The monoisotopic (exact) mass is 488 g/mol. The van der Waals surface area contributed by atoms with Gasteiger partial charge in [-0.25, -0.2) is 0 Å². The van der Waals surface area contributed by atoms with Crippen LogP contribution in [0.3, 0.4) is 0 Å². The number of rotatable bonds is 5. The number of thioether (sulfide) groups is 1. The van der Waals surface area contributed by atoms with Crippen molar-refractivity contribution in [1.82, 2.24) is 25.8 Å². The molecule has 4 rings (SSSR count). The van der Waals surface area contributed by atoms with E-state index in [1.165, 1.54) is 0 Å². The summed E-state index contributed by atoms with van der Waals surface area (Å²) in [6.45, 7) is 1.28. The van der Waals surface area contributed by atoms with E-state index in [0.717, 1.165) is 12.1 Å². The van der Waals surface area contributed by atoms with Crippen LogP contribution in [0.15, 0.2) is 24.3 Å². The number of hydrogen-bond acceptors (Lipinski definition) is 7. The van der Waals surface area contributed by atoms with Crippen LogP contribution >= 0.6 is 11.8 Å². The molecule has 10 nitrogen and oxygen atoms in total. The zero-order chi connectivity index (χ0) is 24.2. The summed E-state index contributed by atoms with van der Waals surface area (Å²) in [6.07, 6.45) is 1.33. The Labute approximate surface area is 203 Å². The summed E-state index contributed by atoms with van der Waals surface area (Å²) in [5.74, 6) is 0.408. The summed E-state index contributed by atoms with van der Waals surface area (Å²) >= 11 is 1.64. The molecular formula is C23H32N6O4S. The Hall–Kier alpha value is -2.79. The third-order valence-electron chi connectivity index (χ3n) is 6.50. The fourth-order valence-electron chi connectivity index (χ4n) is 4.47. The largest absolute Gasteiger partial charge is 0.378 e. The number of carbonyl (C=O) groups is 4. The van der Waals surface area contributed by atoms with Crippen molar-refractivity contribution in [3.8, 4) is 0 Å². The van der Waals surface area contributed by atoms with E-state index < -0.39 is 18.0 Å². The maximum atomic E-state index is 13.3. The predicted octanol–water partition coefficient (Wildman–Crippen LogP) is -0.537. The number of nitrogens with one attached hydrogen (secondary N) is 3. The fraction of sp³-hybridized carbons (Fsp3) is 0.565. The van der Waals surface area contributed by atoms with Crippen molar-refractivity contribution in [2.45, 2.75) is 31.0 Å². The van der Waals surface area contributed by atoms with E-state index in [4.69, 9.17) is 0 Å². The number of nitrogens with zero attached hydrogens (tertiary/aromatic N) is 3. The van der Waals surface area contributed by atoms with E-state index in [1.54, 1.807) is 33.7 Å². The van der Waals surface area contributed by atoms with Gasteiger partial charge >= 0.3 is 0 Å². The number of carbonyl (C=O) groups excluding carboxylic acids is 4. The van der Waals surface area contributed by atoms with E-state index in [1.807, 2.05) is 31.1 Å². The third kappa shape index (κ3) is 5.30. The van der Waals surface area contributed by atoms with Crippen molar-refractivity contribution < 1.29 is 19.2 Å². The maximum absolute atomic E-state index is 13.3. The summed E-state index contributed by atoms with van der Waals surface area (Å²) in [5.41, 5.74) is 1.52. The van der Waals surface area contributed by atoms with Crippen molar-refractivity contribution >= 4 is 41.1 Å². The average molecular weight is 489 g/mol. The van der Waals surface area contributed by atoms with Gasteiger partial charge in [0.25, 0.3) is 5.91 Å². The van der Waals surface area contributed by atoms with E-state index >= 15 is 0 Å². The minimum absolute atomic E-state index is 0.0834. The van der Waals surface area contributed by atoms with Gasteiger partial charge < -0.3 is 25.3 Å². The highest BCUT2D eigenvalue weighted by Crippen LogP contribution is 2.20. The second-order valence-electron chi connectivity index (χ2n) is 9.01. The highest BCUT2D eigenvalue weighted by Gasteiger charge is 2.41. The minimum atomic E-state index is -0.853. The van der Waals surface area contributed by atoms with Crippen molar-refractivity contribution in [3.63, 3.8) is 0 Å². The summed E-state index contributed by atoms with van der Waals surface area (Å²) in [4.78, 5) is 57.1. The number of piperazine rings is 1. The summed E-state index contributed by atoms with van der Waals surface area (Å²) < 4.78 is 0. The molecule has 0 saturated carbocycles. The lowest BCUT2D eigenvalue weighted by atomic mass is 10.0. The Morgan fingerprint density at radius 2 is 1.91 bits per heavy atom. The molecule has 4 amide bonds. The van der Waals surface area contributed by atoms with Crippen molar-refractivity contribution in [2.24, 2.45) is 0 Å². The maximum Gasteiger partial charge on any atom is 0.254 e. The SMILES string of the molecule is CN(C)c1ccc(C(=O)N2CCN(C(=O)[C@@H]3CSCN3)[C@@H](C(=O)N[C@H]3CCCNC3=O)C2)cc1. The topological polar surface area (TPSA) is 114 Å². The first kappa shape index (κ1) is 24.3. The molecule has 184 valence electrons. The minimum Gasteiger partial charge on any atom is -0.378 e. The van der Waals surface area contributed by atoms with Gasteiger partial charge in [0.15, 0.2) is 0 Å². The van der Waals surface area contributed by atoms with Gasteiger partial charge in [-0.05, 0) is 37.1 Å². The molecule has 3 aliphatic rings. The number of benzene rings is 1. The van der Waals surface area contributed by atoms with Gasteiger partial charge in [-0.15, -0.1) is 11.8 Å².